The van der Waals surface area contributed by atoms with E-state index in [1.54, 1.807) is 11.6 Å². The first-order valence-electron chi connectivity index (χ1n) is 5.29. The van der Waals surface area contributed by atoms with E-state index >= 15 is 0 Å². The van der Waals surface area contributed by atoms with Crippen molar-refractivity contribution in [2.75, 3.05) is 5.32 Å². The number of aryl methyl sites for hydroxylation is 1. The molecule has 0 saturated heterocycles. The van der Waals surface area contributed by atoms with Gasteiger partial charge in [0.2, 0.25) is 0 Å². The first-order valence-corrected chi connectivity index (χ1v) is 5.67. The summed E-state index contributed by atoms with van der Waals surface area (Å²) in [7, 11) is 1.73. The van der Waals surface area contributed by atoms with Crippen LogP contribution in [-0.2, 0) is 7.05 Å². The molecule has 0 aliphatic heterocycles. The number of aromatic carboxylic acids is 1. The number of carboxylic acid groups (broad SMARTS) is 1. The maximum atomic E-state index is 11.9. The molecule has 19 heavy (non-hydrogen) atoms. The zero-order chi connectivity index (χ0) is 14.0. The molecule has 0 unspecified atom stereocenters. The van der Waals surface area contributed by atoms with Crippen molar-refractivity contribution >= 4 is 29.2 Å². The molecule has 0 saturated carbocycles. The van der Waals surface area contributed by atoms with Crippen LogP contribution in [0, 0.1) is 0 Å². The molecule has 0 fully saturated rings. The van der Waals surface area contributed by atoms with Gasteiger partial charge >= 0.3 is 5.97 Å². The van der Waals surface area contributed by atoms with E-state index in [4.69, 9.17) is 16.7 Å². The lowest BCUT2D eigenvalue weighted by Crippen LogP contribution is -2.15. The van der Waals surface area contributed by atoms with Gasteiger partial charge in [-0.1, -0.05) is 11.6 Å². The SMILES string of the molecule is Cn1cnc(C(=O)Nc2ccc(Cl)cc2C(=O)O)c1. The van der Waals surface area contributed by atoms with Gasteiger partial charge in [-0.3, -0.25) is 4.79 Å². The number of rotatable bonds is 3. The van der Waals surface area contributed by atoms with Crippen molar-refractivity contribution in [1.82, 2.24) is 9.55 Å². The quantitative estimate of drug-likeness (QED) is 0.900. The minimum atomic E-state index is -1.17. The fourth-order valence-corrected chi connectivity index (χ4v) is 1.69. The van der Waals surface area contributed by atoms with Gasteiger partial charge in [-0.05, 0) is 18.2 Å². The zero-order valence-electron chi connectivity index (χ0n) is 9.92. The molecule has 2 N–H and O–H groups in total. The van der Waals surface area contributed by atoms with E-state index in [1.807, 2.05) is 0 Å². The largest absolute Gasteiger partial charge is 0.478 e. The molecule has 98 valence electrons. The Morgan fingerprint density at radius 3 is 2.74 bits per heavy atom. The molecule has 0 aliphatic rings. The number of imidazole rings is 1. The standard InChI is InChI=1S/C12H10ClN3O3/c1-16-5-10(14-6-16)11(17)15-9-3-2-7(13)4-8(9)12(18)19/h2-6H,1H3,(H,15,17)(H,18,19). The highest BCUT2D eigenvalue weighted by Crippen LogP contribution is 2.21. The molecule has 7 heteroatoms. The van der Waals surface area contributed by atoms with E-state index in [1.165, 1.54) is 30.7 Å². The molecule has 6 nitrogen and oxygen atoms in total. The lowest BCUT2D eigenvalue weighted by Gasteiger charge is -2.07. The van der Waals surface area contributed by atoms with Crippen molar-refractivity contribution in [3.05, 3.63) is 47.0 Å². The molecule has 1 amide bonds. The first kappa shape index (κ1) is 13.1. The summed E-state index contributed by atoms with van der Waals surface area (Å²) in [5.74, 6) is -1.65. The second-order valence-electron chi connectivity index (χ2n) is 3.87. The Morgan fingerprint density at radius 1 is 1.42 bits per heavy atom. The summed E-state index contributed by atoms with van der Waals surface area (Å²) < 4.78 is 1.62. The van der Waals surface area contributed by atoms with Crippen LogP contribution in [0.2, 0.25) is 5.02 Å². The van der Waals surface area contributed by atoms with E-state index in [0.717, 1.165) is 0 Å². The van der Waals surface area contributed by atoms with Gasteiger partial charge in [-0.2, -0.15) is 0 Å². The van der Waals surface area contributed by atoms with Gasteiger partial charge in [0.25, 0.3) is 5.91 Å². The van der Waals surface area contributed by atoms with Crippen LogP contribution in [0.4, 0.5) is 5.69 Å². The molecule has 0 spiro atoms. The average Bonchev–Trinajstić information content (AvgIpc) is 2.78. The Morgan fingerprint density at radius 2 is 2.16 bits per heavy atom. The van der Waals surface area contributed by atoms with Gasteiger partial charge in [0, 0.05) is 18.3 Å². The van der Waals surface area contributed by atoms with Crippen LogP contribution in [0.15, 0.2) is 30.7 Å². The maximum Gasteiger partial charge on any atom is 0.337 e. The van der Waals surface area contributed by atoms with Crippen molar-refractivity contribution in [2.24, 2.45) is 7.05 Å². The number of carbonyl (C=O) groups excluding carboxylic acids is 1. The fourth-order valence-electron chi connectivity index (χ4n) is 1.52. The molecule has 0 bridgehead atoms. The predicted octanol–water partition coefficient (Wildman–Crippen LogP) is 2.02. The minimum absolute atomic E-state index is 0.0724. The van der Waals surface area contributed by atoms with E-state index in [0.29, 0.717) is 0 Å². The summed E-state index contributed by atoms with van der Waals surface area (Å²) in [6, 6.07) is 4.21. The topological polar surface area (TPSA) is 84.2 Å². The van der Waals surface area contributed by atoms with Crippen LogP contribution >= 0.6 is 11.6 Å². The van der Waals surface area contributed by atoms with E-state index < -0.39 is 11.9 Å². The van der Waals surface area contributed by atoms with Gasteiger partial charge in [0.15, 0.2) is 0 Å². The number of aromatic nitrogens is 2. The van der Waals surface area contributed by atoms with Crippen LogP contribution < -0.4 is 5.32 Å². The third-order valence-corrected chi connectivity index (χ3v) is 2.63. The fraction of sp³-hybridized carbons (Fsp3) is 0.0833. The summed E-state index contributed by atoms with van der Waals surface area (Å²) in [5, 5.41) is 11.8. The number of hydrogen-bond donors (Lipinski definition) is 2. The van der Waals surface area contributed by atoms with Gasteiger partial charge < -0.3 is 15.0 Å². The third kappa shape index (κ3) is 2.92. The molecule has 1 aromatic carbocycles. The second kappa shape index (κ2) is 5.11. The highest BCUT2D eigenvalue weighted by molar-refractivity contribution is 6.31. The number of nitrogens with zero attached hydrogens (tertiary/aromatic N) is 2. The van der Waals surface area contributed by atoms with Crippen LogP contribution in [0.3, 0.4) is 0 Å². The molecule has 1 heterocycles. The molecule has 0 radical (unpaired) electrons. The number of nitrogens with one attached hydrogen (secondary N) is 1. The lowest BCUT2D eigenvalue weighted by atomic mass is 10.1. The van der Waals surface area contributed by atoms with Crippen molar-refractivity contribution in [3.63, 3.8) is 0 Å². The zero-order valence-corrected chi connectivity index (χ0v) is 10.7. The smallest absolute Gasteiger partial charge is 0.337 e. The van der Waals surface area contributed by atoms with Gasteiger partial charge in [-0.25, -0.2) is 9.78 Å². The minimum Gasteiger partial charge on any atom is -0.478 e. The molecule has 1 aromatic heterocycles. The van der Waals surface area contributed by atoms with Crippen molar-refractivity contribution in [3.8, 4) is 0 Å². The van der Waals surface area contributed by atoms with Crippen LogP contribution in [0.1, 0.15) is 20.8 Å². The molecule has 0 atom stereocenters. The number of amides is 1. The lowest BCUT2D eigenvalue weighted by molar-refractivity contribution is 0.0698. The predicted molar refractivity (Wildman–Crippen MR) is 69.6 cm³/mol. The molecule has 2 aromatic rings. The molecule has 2 rings (SSSR count). The summed E-state index contributed by atoms with van der Waals surface area (Å²) in [6.45, 7) is 0. The number of anilines is 1. The number of hydrogen-bond acceptors (Lipinski definition) is 3. The highest BCUT2D eigenvalue weighted by Gasteiger charge is 2.15. The summed E-state index contributed by atoms with van der Waals surface area (Å²) >= 11 is 5.73. The number of carboxylic acids is 1. The average molecular weight is 280 g/mol. The Balaban J connectivity index is 2.28. The number of benzene rings is 1. The van der Waals surface area contributed by atoms with Gasteiger partial charge in [-0.15, -0.1) is 0 Å². The van der Waals surface area contributed by atoms with Crippen LogP contribution in [0.25, 0.3) is 0 Å². The van der Waals surface area contributed by atoms with Crippen LogP contribution in [0.5, 0.6) is 0 Å². The highest BCUT2D eigenvalue weighted by atomic mass is 35.5. The number of carbonyl (C=O) groups is 2. The summed E-state index contributed by atoms with van der Waals surface area (Å²) in [4.78, 5) is 26.8. The number of halogens is 1. The van der Waals surface area contributed by atoms with E-state index in [-0.39, 0.29) is 22.0 Å². The van der Waals surface area contributed by atoms with E-state index in [2.05, 4.69) is 10.3 Å². The van der Waals surface area contributed by atoms with Crippen LogP contribution in [-0.4, -0.2) is 26.5 Å². The first-order chi connectivity index (χ1) is 8.97. The Bertz CT molecular complexity index is 651. The maximum absolute atomic E-state index is 11.9. The van der Waals surface area contributed by atoms with Crippen molar-refractivity contribution in [1.29, 1.82) is 0 Å². The van der Waals surface area contributed by atoms with Gasteiger partial charge in [0.1, 0.15) is 5.69 Å². The molecular formula is C12H10ClN3O3. The van der Waals surface area contributed by atoms with Gasteiger partial charge in [0.05, 0.1) is 17.6 Å². The molecule has 0 aliphatic carbocycles. The summed E-state index contributed by atoms with van der Waals surface area (Å²) in [5.41, 5.74) is 0.304. The van der Waals surface area contributed by atoms with E-state index in [9.17, 15) is 9.59 Å². The Labute approximate surface area is 113 Å². The third-order valence-electron chi connectivity index (χ3n) is 2.40. The molecular weight excluding hydrogens is 270 g/mol. The Hall–Kier alpha value is -2.34. The van der Waals surface area contributed by atoms with Crippen molar-refractivity contribution < 1.29 is 14.7 Å². The Kier molecular flexibility index (Phi) is 3.52. The summed E-state index contributed by atoms with van der Waals surface area (Å²) in [6.07, 6.45) is 3.01. The normalized spacial score (nSPS) is 10.2. The second-order valence-corrected chi connectivity index (χ2v) is 4.31. The van der Waals surface area contributed by atoms with Crippen molar-refractivity contribution in [2.45, 2.75) is 0 Å². The monoisotopic (exact) mass is 279 g/mol.